The maximum absolute atomic E-state index is 13.9. The second-order valence-electron chi connectivity index (χ2n) is 3.99. The van der Waals surface area contributed by atoms with Gasteiger partial charge in [-0.15, -0.1) is 0 Å². The highest BCUT2D eigenvalue weighted by atomic mass is 19.1. The van der Waals surface area contributed by atoms with Crippen molar-refractivity contribution in [3.8, 4) is 0 Å². The van der Waals surface area contributed by atoms with Crippen molar-refractivity contribution in [2.75, 3.05) is 31.2 Å². The van der Waals surface area contributed by atoms with E-state index in [0.29, 0.717) is 37.7 Å². The van der Waals surface area contributed by atoms with Gasteiger partial charge in [0, 0.05) is 19.3 Å². The summed E-state index contributed by atoms with van der Waals surface area (Å²) in [6, 6.07) is 1.41. The summed E-state index contributed by atoms with van der Waals surface area (Å²) >= 11 is 0. The molecule has 1 aliphatic rings. The van der Waals surface area contributed by atoms with E-state index in [1.54, 1.807) is 6.20 Å². The summed E-state index contributed by atoms with van der Waals surface area (Å²) in [5, 5.41) is 0. The zero-order valence-corrected chi connectivity index (χ0v) is 9.97. The lowest BCUT2D eigenvalue weighted by Crippen LogP contribution is -2.37. The molecule has 1 fully saturated rings. The summed E-state index contributed by atoms with van der Waals surface area (Å²) < 4.78 is 19.1. The van der Waals surface area contributed by atoms with Crippen LogP contribution in [0.25, 0.3) is 0 Å². The van der Waals surface area contributed by atoms with Gasteiger partial charge in [-0.25, -0.2) is 14.4 Å². The average molecular weight is 253 g/mol. The van der Waals surface area contributed by atoms with Gasteiger partial charge < -0.3 is 21.1 Å². The molecule has 98 valence electrons. The number of anilines is 1. The van der Waals surface area contributed by atoms with Crippen LogP contribution < -0.4 is 16.4 Å². The highest BCUT2D eigenvalue weighted by molar-refractivity contribution is 5.75. The molecule has 0 aliphatic carbocycles. The molecule has 0 unspecified atom stereocenters. The summed E-state index contributed by atoms with van der Waals surface area (Å²) in [6.45, 7) is 2.72. The number of halogens is 1. The van der Waals surface area contributed by atoms with Crippen molar-refractivity contribution in [2.45, 2.75) is 6.54 Å². The van der Waals surface area contributed by atoms with Crippen LogP contribution in [0.4, 0.5) is 10.2 Å². The Hall–Kier alpha value is -1.89. The number of morpholine rings is 1. The van der Waals surface area contributed by atoms with Gasteiger partial charge >= 0.3 is 0 Å². The van der Waals surface area contributed by atoms with E-state index in [4.69, 9.17) is 16.2 Å². The van der Waals surface area contributed by atoms with Gasteiger partial charge in [0.25, 0.3) is 0 Å². The molecular formula is C11H16FN5O. The summed E-state index contributed by atoms with van der Waals surface area (Å²) in [5.41, 5.74) is 11.1. The standard InChI is InChI=1S/C11H16FN5O/c12-9-5-8(7-16-11(13)14)6-15-10(9)17-1-3-18-4-2-17/h5-6H,1-4,7H2,(H4,13,14,16). The number of nitrogens with two attached hydrogens (primary N) is 2. The van der Waals surface area contributed by atoms with E-state index in [-0.39, 0.29) is 18.3 Å². The molecule has 0 bridgehead atoms. The van der Waals surface area contributed by atoms with Gasteiger partial charge in [0.1, 0.15) is 0 Å². The van der Waals surface area contributed by atoms with Crippen molar-refractivity contribution >= 4 is 11.8 Å². The Balaban J connectivity index is 2.11. The molecule has 0 aromatic carbocycles. The van der Waals surface area contributed by atoms with Crippen LogP contribution in [0.1, 0.15) is 5.56 Å². The third kappa shape index (κ3) is 3.07. The summed E-state index contributed by atoms with van der Waals surface area (Å²) in [7, 11) is 0. The van der Waals surface area contributed by atoms with Gasteiger partial charge in [0.05, 0.1) is 19.8 Å². The Morgan fingerprint density at radius 1 is 1.44 bits per heavy atom. The SMILES string of the molecule is NC(N)=NCc1cnc(N2CCOCC2)c(F)c1. The van der Waals surface area contributed by atoms with Crippen LogP contribution in [-0.2, 0) is 11.3 Å². The lowest BCUT2D eigenvalue weighted by atomic mass is 10.2. The molecular weight excluding hydrogens is 237 g/mol. The predicted molar refractivity (Wildman–Crippen MR) is 66.7 cm³/mol. The second-order valence-corrected chi connectivity index (χ2v) is 3.99. The first-order valence-corrected chi connectivity index (χ1v) is 5.69. The largest absolute Gasteiger partial charge is 0.378 e. The Morgan fingerprint density at radius 2 is 2.17 bits per heavy atom. The van der Waals surface area contributed by atoms with Crippen molar-refractivity contribution in [3.05, 3.63) is 23.6 Å². The lowest BCUT2D eigenvalue weighted by Gasteiger charge is -2.28. The third-order valence-electron chi connectivity index (χ3n) is 2.63. The zero-order valence-electron chi connectivity index (χ0n) is 9.97. The van der Waals surface area contributed by atoms with Gasteiger partial charge in [-0.3, -0.25) is 0 Å². The van der Waals surface area contributed by atoms with E-state index >= 15 is 0 Å². The topological polar surface area (TPSA) is 89.8 Å². The van der Waals surface area contributed by atoms with Crippen LogP contribution in [0.2, 0.25) is 0 Å². The first kappa shape index (κ1) is 12.6. The molecule has 1 aromatic rings. The highest BCUT2D eigenvalue weighted by Gasteiger charge is 2.16. The Labute approximate surface area is 104 Å². The monoisotopic (exact) mass is 253 g/mol. The minimum atomic E-state index is -0.361. The molecule has 4 N–H and O–H groups in total. The third-order valence-corrected chi connectivity index (χ3v) is 2.63. The van der Waals surface area contributed by atoms with Crippen molar-refractivity contribution in [1.82, 2.24) is 4.98 Å². The zero-order chi connectivity index (χ0) is 13.0. The Kier molecular flexibility index (Phi) is 3.93. The van der Waals surface area contributed by atoms with E-state index in [2.05, 4.69) is 9.98 Å². The van der Waals surface area contributed by atoms with Crippen molar-refractivity contribution < 1.29 is 9.13 Å². The number of hydrogen-bond acceptors (Lipinski definition) is 4. The molecule has 0 spiro atoms. The maximum atomic E-state index is 13.9. The number of aliphatic imine (C=N–C) groups is 1. The smallest absolute Gasteiger partial charge is 0.186 e. The molecule has 2 heterocycles. The molecule has 18 heavy (non-hydrogen) atoms. The molecule has 0 radical (unpaired) electrons. The first-order valence-electron chi connectivity index (χ1n) is 5.69. The van der Waals surface area contributed by atoms with Crippen molar-refractivity contribution in [3.63, 3.8) is 0 Å². The molecule has 6 nitrogen and oxygen atoms in total. The number of pyridine rings is 1. The molecule has 0 amide bonds. The van der Waals surface area contributed by atoms with Crippen LogP contribution in [0, 0.1) is 5.82 Å². The Morgan fingerprint density at radius 3 is 2.78 bits per heavy atom. The molecule has 1 aromatic heterocycles. The molecule has 0 saturated carbocycles. The van der Waals surface area contributed by atoms with Gasteiger partial charge in [-0.05, 0) is 11.6 Å². The van der Waals surface area contributed by atoms with Gasteiger partial charge in [0.15, 0.2) is 17.6 Å². The summed E-state index contributed by atoms with van der Waals surface area (Å²) in [4.78, 5) is 9.80. The number of guanidine groups is 1. The van der Waals surface area contributed by atoms with E-state index in [1.807, 2.05) is 4.90 Å². The van der Waals surface area contributed by atoms with E-state index in [0.717, 1.165) is 0 Å². The van der Waals surface area contributed by atoms with Crippen LogP contribution in [0.15, 0.2) is 17.3 Å². The number of rotatable bonds is 3. The molecule has 1 saturated heterocycles. The highest BCUT2D eigenvalue weighted by Crippen LogP contribution is 2.18. The molecule has 0 atom stereocenters. The predicted octanol–water partition coefficient (Wildman–Crippen LogP) is -0.169. The fraction of sp³-hybridized carbons (Fsp3) is 0.455. The second kappa shape index (κ2) is 5.63. The van der Waals surface area contributed by atoms with Gasteiger partial charge in [-0.1, -0.05) is 0 Å². The van der Waals surface area contributed by atoms with E-state index < -0.39 is 0 Å². The van der Waals surface area contributed by atoms with Crippen LogP contribution >= 0.6 is 0 Å². The fourth-order valence-electron chi connectivity index (χ4n) is 1.75. The molecule has 1 aliphatic heterocycles. The number of ether oxygens (including phenoxy) is 1. The van der Waals surface area contributed by atoms with Gasteiger partial charge in [0.2, 0.25) is 0 Å². The quantitative estimate of drug-likeness (QED) is 0.576. The minimum absolute atomic E-state index is 0.0207. The summed E-state index contributed by atoms with van der Waals surface area (Å²) in [5.74, 6) is -0.0281. The van der Waals surface area contributed by atoms with Crippen LogP contribution in [0.3, 0.4) is 0 Å². The lowest BCUT2D eigenvalue weighted by molar-refractivity contribution is 0.122. The van der Waals surface area contributed by atoms with Gasteiger partial charge in [-0.2, -0.15) is 0 Å². The normalized spacial score (nSPS) is 15.5. The van der Waals surface area contributed by atoms with E-state index in [9.17, 15) is 4.39 Å². The van der Waals surface area contributed by atoms with Crippen LogP contribution in [-0.4, -0.2) is 37.2 Å². The van der Waals surface area contributed by atoms with Crippen LogP contribution in [0.5, 0.6) is 0 Å². The van der Waals surface area contributed by atoms with Crippen molar-refractivity contribution in [2.24, 2.45) is 16.5 Å². The molecule has 2 rings (SSSR count). The number of aromatic nitrogens is 1. The van der Waals surface area contributed by atoms with E-state index in [1.165, 1.54) is 6.07 Å². The maximum Gasteiger partial charge on any atom is 0.186 e. The van der Waals surface area contributed by atoms with Crippen molar-refractivity contribution in [1.29, 1.82) is 0 Å². The number of hydrogen-bond donors (Lipinski definition) is 2. The average Bonchev–Trinajstić information content (AvgIpc) is 2.37. The minimum Gasteiger partial charge on any atom is -0.378 e. The Bertz CT molecular complexity index is 441. The fourth-order valence-corrected chi connectivity index (χ4v) is 1.75. The first-order chi connectivity index (χ1) is 8.66. The number of nitrogens with zero attached hydrogens (tertiary/aromatic N) is 3. The summed E-state index contributed by atoms with van der Waals surface area (Å²) in [6.07, 6.45) is 1.58. The molecule has 7 heteroatoms.